The highest BCUT2D eigenvalue weighted by atomic mass is 16.5. The molecule has 0 unspecified atom stereocenters. The lowest BCUT2D eigenvalue weighted by Gasteiger charge is -2.26. The first-order valence-corrected chi connectivity index (χ1v) is 5.07. The van der Waals surface area contributed by atoms with Gasteiger partial charge in [0.05, 0.1) is 24.6 Å². The molecule has 1 N–H and O–H groups in total. The molecule has 1 aliphatic heterocycles. The summed E-state index contributed by atoms with van der Waals surface area (Å²) in [6, 6.07) is 0. The number of nitrogens with zero attached hydrogens (tertiary/aromatic N) is 3. The Morgan fingerprint density at radius 2 is 2.13 bits per heavy atom. The Labute approximate surface area is 88.7 Å². The number of rotatable bonds is 2. The molecule has 0 amide bonds. The van der Waals surface area contributed by atoms with Crippen molar-refractivity contribution < 1.29 is 9.84 Å². The summed E-state index contributed by atoms with van der Waals surface area (Å²) >= 11 is 0. The molecule has 0 radical (unpaired) electrons. The Morgan fingerprint density at radius 1 is 1.40 bits per heavy atom. The predicted octanol–water partition coefficient (Wildman–Crippen LogP) is 0.323. The highest BCUT2D eigenvalue weighted by Crippen LogP contribution is 2.18. The van der Waals surface area contributed by atoms with Crippen LogP contribution in [0.3, 0.4) is 0 Å². The van der Waals surface area contributed by atoms with E-state index >= 15 is 0 Å². The Morgan fingerprint density at radius 3 is 2.87 bits per heavy atom. The largest absolute Gasteiger partial charge is 0.504 e. The summed E-state index contributed by atoms with van der Waals surface area (Å²) in [5.41, 5.74) is 1.33. The Hall–Kier alpha value is -1.20. The van der Waals surface area contributed by atoms with Crippen LogP contribution in [0.4, 0.5) is 0 Å². The second-order valence-electron chi connectivity index (χ2n) is 3.64. The molecule has 2 rings (SSSR count). The van der Waals surface area contributed by atoms with E-state index in [9.17, 15) is 5.11 Å². The average Bonchev–Trinajstić information content (AvgIpc) is 2.26. The van der Waals surface area contributed by atoms with E-state index < -0.39 is 0 Å². The summed E-state index contributed by atoms with van der Waals surface area (Å²) in [5, 5.41) is 9.75. The third kappa shape index (κ3) is 2.43. The molecule has 5 heteroatoms. The van der Waals surface area contributed by atoms with Crippen molar-refractivity contribution in [3.8, 4) is 5.75 Å². The van der Waals surface area contributed by atoms with Gasteiger partial charge in [-0.15, -0.1) is 0 Å². The van der Waals surface area contributed by atoms with Crippen molar-refractivity contribution in [3.05, 3.63) is 17.7 Å². The molecule has 82 valence electrons. The molecule has 1 fully saturated rings. The number of aryl methyl sites for hydroxylation is 1. The molecule has 0 saturated carbocycles. The van der Waals surface area contributed by atoms with Crippen molar-refractivity contribution in [2.45, 2.75) is 13.5 Å². The van der Waals surface area contributed by atoms with Crippen molar-refractivity contribution >= 4 is 0 Å². The van der Waals surface area contributed by atoms with Crippen molar-refractivity contribution in [1.82, 2.24) is 14.9 Å². The maximum absolute atomic E-state index is 9.75. The number of hydrogen-bond acceptors (Lipinski definition) is 5. The van der Waals surface area contributed by atoms with Crippen LogP contribution in [-0.2, 0) is 11.3 Å². The Bertz CT molecular complexity index is 337. The van der Waals surface area contributed by atoms with Gasteiger partial charge in [0.25, 0.3) is 0 Å². The van der Waals surface area contributed by atoms with Gasteiger partial charge in [0.1, 0.15) is 6.33 Å². The number of aromatic hydroxyl groups is 1. The molecule has 0 atom stereocenters. The number of morpholine rings is 1. The summed E-state index contributed by atoms with van der Waals surface area (Å²) in [6.07, 6.45) is 1.49. The molecule has 15 heavy (non-hydrogen) atoms. The van der Waals surface area contributed by atoms with E-state index in [1.807, 2.05) is 0 Å². The van der Waals surface area contributed by atoms with Gasteiger partial charge < -0.3 is 9.84 Å². The van der Waals surface area contributed by atoms with Gasteiger partial charge in [0.15, 0.2) is 5.75 Å². The first-order valence-electron chi connectivity index (χ1n) is 5.07. The van der Waals surface area contributed by atoms with Gasteiger partial charge in [-0.25, -0.2) is 9.97 Å². The standard InChI is InChI=1S/C10H15N3O2/c1-8-10(14)9(12-7-11-8)6-13-2-4-15-5-3-13/h7,14H,2-6H2,1H3. The van der Waals surface area contributed by atoms with E-state index in [0.29, 0.717) is 17.9 Å². The van der Waals surface area contributed by atoms with Gasteiger partial charge in [-0.2, -0.15) is 0 Å². The molecule has 1 aromatic rings. The number of ether oxygens (including phenoxy) is 1. The van der Waals surface area contributed by atoms with Gasteiger partial charge in [0.2, 0.25) is 0 Å². The van der Waals surface area contributed by atoms with Crippen molar-refractivity contribution in [2.24, 2.45) is 0 Å². The SMILES string of the molecule is Cc1ncnc(CN2CCOCC2)c1O. The molecule has 0 spiro atoms. The van der Waals surface area contributed by atoms with Gasteiger partial charge in [-0.05, 0) is 6.92 Å². The minimum Gasteiger partial charge on any atom is -0.504 e. The summed E-state index contributed by atoms with van der Waals surface area (Å²) in [7, 11) is 0. The zero-order valence-corrected chi connectivity index (χ0v) is 8.81. The molecule has 5 nitrogen and oxygen atoms in total. The van der Waals surface area contributed by atoms with Crippen LogP contribution in [0, 0.1) is 6.92 Å². The topological polar surface area (TPSA) is 58.5 Å². The highest BCUT2D eigenvalue weighted by Gasteiger charge is 2.14. The van der Waals surface area contributed by atoms with Crippen LogP contribution < -0.4 is 0 Å². The molecule has 1 aromatic heterocycles. The monoisotopic (exact) mass is 209 g/mol. The molecular formula is C10H15N3O2. The Kier molecular flexibility index (Phi) is 3.13. The lowest BCUT2D eigenvalue weighted by atomic mass is 10.2. The Balaban J connectivity index is 2.06. The summed E-state index contributed by atoms with van der Waals surface area (Å²) in [5.74, 6) is 0.212. The first-order chi connectivity index (χ1) is 7.27. The fourth-order valence-corrected chi connectivity index (χ4v) is 1.60. The van der Waals surface area contributed by atoms with E-state index in [0.717, 1.165) is 26.3 Å². The van der Waals surface area contributed by atoms with Gasteiger partial charge in [-0.3, -0.25) is 4.90 Å². The van der Waals surface area contributed by atoms with E-state index in [1.165, 1.54) is 6.33 Å². The van der Waals surface area contributed by atoms with Crippen LogP contribution in [0.2, 0.25) is 0 Å². The van der Waals surface area contributed by atoms with Crippen molar-refractivity contribution in [3.63, 3.8) is 0 Å². The summed E-state index contributed by atoms with van der Waals surface area (Å²) < 4.78 is 5.25. The molecule has 0 bridgehead atoms. The first kappa shape index (κ1) is 10.3. The van der Waals surface area contributed by atoms with Crippen molar-refractivity contribution in [2.75, 3.05) is 26.3 Å². The molecule has 0 aliphatic carbocycles. The predicted molar refractivity (Wildman–Crippen MR) is 54.5 cm³/mol. The maximum Gasteiger partial charge on any atom is 0.159 e. The molecule has 1 saturated heterocycles. The zero-order valence-electron chi connectivity index (χ0n) is 8.81. The minimum absolute atomic E-state index is 0.212. The van der Waals surface area contributed by atoms with Crippen LogP contribution in [0.5, 0.6) is 5.75 Å². The van der Waals surface area contributed by atoms with Gasteiger partial charge in [0, 0.05) is 19.6 Å². The molecule has 1 aliphatic rings. The lowest BCUT2D eigenvalue weighted by Crippen LogP contribution is -2.35. The second kappa shape index (κ2) is 4.55. The van der Waals surface area contributed by atoms with Crippen LogP contribution in [-0.4, -0.2) is 46.3 Å². The molecular weight excluding hydrogens is 194 g/mol. The van der Waals surface area contributed by atoms with E-state index in [4.69, 9.17) is 4.74 Å². The normalized spacial score (nSPS) is 17.9. The average molecular weight is 209 g/mol. The second-order valence-corrected chi connectivity index (χ2v) is 3.64. The lowest BCUT2D eigenvalue weighted by molar-refractivity contribution is 0.0333. The third-order valence-electron chi connectivity index (χ3n) is 2.56. The molecule has 2 heterocycles. The smallest absolute Gasteiger partial charge is 0.159 e. The van der Waals surface area contributed by atoms with Crippen LogP contribution in [0.1, 0.15) is 11.4 Å². The quantitative estimate of drug-likeness (QED) is 0.760. The molecule has 0 aromatic carbocycles. The zero-order chi connectivity index (χ0) is 10.7. The fourth-order valence-electron chi connectivity index (χ4n) is 1.60. The van der Waals surface area contributed by atoms with E-state index in [-0.39, 0.29) is 5.75 Å². The maximum atomic E-state index is 9.75. The fraction of sp³-hybridized carbons (Fsp3) is 0.600. The summed E-state index contributed by atoms with van der Waals surface area (Å²) in [6.45, 7) is 5.74. The van der Waals surface area contributed by atoms with Crippen LogP contribution in [0.15, 0.2) is 6.33 Å². The third-order valence-corrected chi connectivity index (χ3v) is 2.56. The van der Waals surface area contributed by atoms with E-state index in [2.05, 4.69) is 14.9 Å². The van der Waals surface area contributed by atoms with Crippen molar-refractivity contribution in [1.29, 1.82) is 0 Å². The highest BCUT2D eigenvalue weighted by molar-refractivity contribution is 5.29. The number of aromatic nitrogens is 2. The minimum atomic E-state index is 0.212. The van der Waals surface area contributed by atoms with Gasteiger partial charge in [-0.1, -0.05) is 0 Å². The number of hydrogen-bond donors (Lipinski definition) is 1. The van der Waals surface area contributed by atoms with Gasteiger partial charge >= 0.3 is 0 Å². The summed E-state index contributed by atoms with van der Waals surface area (Å²) in [4.78, 5) is 10.2. The van der Waals surface area contributed by atoms with Crippen LogP contribution in [0.25, 0.3) is 0 Å². The van der Waals surface area contributed by atoms with Crippen LogP contribution >= 0.6 is 0 Å². The van der Waals surface area contributed by atoms with E-state index in [1.54, 1.807) is 6.92 Å².